The number of hydrogen-bond donors (Lipinski definition) is 2. The topological polar surface area (TPSA) is 72.9 Å². The van der Waals surface area contributed by atoms with E-state index in [1.54, 1.807) is 0 Å². The van der Waals surface area contributed by atoms with Crippen molar-refractivity contribution >= 4 is 5.91 Å². The molecule has 17 heavy (non-hydrogen) atoms. The zero-order valence-electron chi connectivity index (χ0n) is 10.1. The molecular formula is C12H20N4O. The van der Waals surface area contributed by atoms with Crippen molar-refractivity contribution in [2.45, 2.75) is 51.2 Å². The van der Waals surface area contributed by atoms with E-state index in [0.29, 0.717) is 12.5 Å². The van der Waals surface area contributed by atoms with Crippen molar-refractivity contribution in [1.29, 1.82) is 0 Å². The number of aryl methyl sites for hydroxylation is 1. The number of hydrogen-bond acceptors (Lipinski definition) is 3. The summed E-state index contributed by atoms with van der Waals surface area (Å²) in [6.45, 7) is 1.80. The first-order valence-corrected chi connectivity index (χ1v) is 6.26. The maximum absolute atomic E-state index is 10.6. The van der Waals surface area contributed by atoms with E-state index in [1.165, 1.54) is 18.5 Å². The molecule has 0 bridgehead atoms. The van der Waals surface area contributed by atoms with Crippen LogP contribution in [0.3, 0.4) is 0 Å². The van der Waals surface area contributed by atoms with Gasteiger partial charge in [0.15, 0.2) is 0 Å². The van der Waals surface area contributed by atoms with Crippen molar-refractivity contribution in [2.24, 2.45) is 5.73 Å². The molecule has 1 aliphatic carbocycles. The van der Waals surface area contributed by atoms with Crippen LogP contribution in [0.4, 0.5) is 0 Å². The third kappa shape index (κ3) is 4.19. The summed E-state index contributed by atoms with van der Waals surface area (Å²) in [7, 11) is 0. The van der Waals surface area contributed by atoms with Gasteiger partial charge in [-0.05, 0) is 25.7 Å². The molecule has 0 aliphatic heterocycles. The minimum absolute atomic E-state index is 0.216. The van der Waals surface area contributed by atoms with Gasteiger partial charge in [0.1, 0.15) is 0 Å². The fraction of sp³-hybridized carbons (Fsp3) is 0.667. The Bertz CT molecular complexity index is 370. The minimum atomic E-state index is -0.216. The second-order valence-electron chi connectivity index (χ2n) is 4.66. The van der Waals surface area contributed by atoms with Gasteiger partial charge in [0.25, 0.3) is 0 Å². The number of aromatic nitrogens is 2. The SMILES string of the molecule is NC(=O)CCCCn1cncc1CNC1CC1. The Morgan fingerprint density at radius 3 is 3.06 bits per heavy atom. The summed E-state index contributed by atoms with van der Waals surface area (Å²) in [6, 6.07) is 0.716. The van der Waals surface area contributed by atoms with Crippen LogP contribution in [-0.2, 0) is 17.9 Å². The van der Waals surface area contributed by atoms with E-state index in [4.69, 9.17) is 5.73 Å². The molecule has 94 valence electrons. The molecule has 1 fully saturated rings. The summed E-state index contributed by atoms with van der Waals surface area (Å²) in [4.78, 5) is 14.8. The zero-order valence-corrected chi connectivity index (χ0v) is 10.1. The lowest BCUT2D eigenvalue weighted by molar-refractivity contribution is -0.118. The van der Waals surface area contributed by atoms with Crippen LogP contribution in [0.1, 0.15) is 37.8 Å². The van der Waals surface area contributed by atoms with Crippen molar-refractivity contribution in [1.82, 2.24) is 14.9 Å². The molecule has 1 heterocycles. The first-order chi connectivity index (χ1) is 8.25. The molecule has 0 saturated heterocycles. The Kier molecular flexibility index (Phi) is 4.14. The average Bonchev–Trinajstić information content (AvgIpc) is 3.02. The van der Waals surface area contributed by atoms with Gasteiger partial charge in [-0.3, -0.25) is 4.79 Å². The van der Waals surface area contributed by atoms with Gasteiger partial charge < -0.3 is 15.6 Å². The third-order valence-corrected chi connectivity index (χ3v) is 3.02. The maximum atomic E-state index is 10.6. The van der Waals surface area contributed by atoms with Crippen LogP contribution in [0.15, 0.2) is 12.5 Å². The quantitative estimate of drug-likeness (QED) is 0.655. The predicted molar refractivity (Wildman–Crippen MR) is 65.1 cm³/mol. The highest BCUT2D eigenvalue weighted by Crippen LogP contribution is 2.19. The van der Waals surface area contributed by atoms with E-state index in [9.17, 15) is 4.79 Å². The van der Waals surface area contributed by atoms with Crippen LogP contribution in [-0.4, -0.2) is 21.5 Å². The fourth-order valence-corrected chi connectivity index (χ4v) is 1.81. The maximum Gasteiger partial charge on any atom is 0.217 e. The van der Waals surface area contributed by atoms with E-state index in [1.807, 2.05) is 12.5 Å². The molecule has 1 aliphatic rings. The summed E-state index contributed by atoms with van der Waals surface area (Å²) in [6.07, 6.45) is 8.65. The van der Waals surface area contributed by atoms with E-state index < -0.39 is 0 Å². The highest BCUT2D eigenvalue weighted by molar-refractivity contribution is 5.73. The molecule has 0 unspecified atom stereocenters. The molecule has 2 rings (SSSR count). The number of rotatable bonds is 8. The van der Waals surface area contributed by atoms with E-state index in [2.05, 4.69) is 14.9 Å². The van der Waals surface area contributed by atoms with Crippen molar-refractivity contribution in [3.8, 4) is 0 Å². The smallest absolute Gasteiger partial charge is 0.217 e. The number of nitrogens with one attached hydrogen (secondary N) is 1. The van der Waals surface area contributed by atoms with Gasteiger partial charge in [-0.1, -0.05) is 0 Å². The summed E-state index contributed by atoms with van der Waals surface area (Å²) in [5, 5.41) is 3.47. The second-order valence-corrected chi connectivity index (χ2v) is 4.66. The largest absolute Gasteiger partial charge is 0.370 e. The summed E-state index contributed by atoms with van der Waals surface area (Å²) in [5.41, 5.74) is 6.32. The van der Waals surface area contributed by atoms with Gasteiger partial charge in [-0.2, -0.15) is 0 Å². The van der Waals surface area contributed by atoms with Gasteiger partial charge in [-0.15, -0.1) is 0 Å². The Morgan fingerprint density at radius 1 is 1.53 bits per heavy atom. The molecular weight excluding hydrogens is 216 g/mol. The van der Waals surface area contributed by atoms with Crippen LogP contribution >= 0.6 is 0 Å². The van der Waals surface area contributed by atoms with Gasteiger partial charge >= 0.3 is 0 Å². The molecule has 3 N–H and O–H groups in total. The highest BCUT2D eigenvalue weighted by Gasteiger charge is 2.20. The predicted octanol–water partition coefficient (Wildman–Crippen LogP) is 0.791. The van der Waals surface area contributed by atoms with Crippen LogP contribution in [0, 0.1) is 0 Å². The lowest BCUT2D eigenvalue weighted by Gasteiger charge is -2.08. The first kappa shape index (κ1) is 12.1. The highest BCUT2D eigenvalue weighted by atomic mass is 16.1. The number of amides is 1. The molecule has 0 radical (unpaired) electrons. The van der Waals surface area contributed by atoms with Crippen molar-refractivity contribution in [3.63, 3.8) is 0 Å². The Balaban J connectivity index is 1.71. The van der Waals surface area contributed by atoms with Crippen molar-refractivity contribution in [2.75, 3.05) is 0 Å². The third-order valence-electron chi connectivity index (χ3n) is 3.02. The molecule has 1 aromatic heterocycles. The fourth-order valence-electron chi connectivity index (χ4n) is 1.81. The summed E-state index contributed by atoms with van der Waals surface area (Å²) in [5.74, 6) is -0.216. The van der Waals surface area contributed by atoms with Gasteiger partial charge in [0.2, 0.25) is 5.91 Å². The lowest BCUT2D eigenvalue weighted by Crippen LogP contribution is -2.18. The molecule has 5 nitrogen and oxygen atoms in total. The van der Waals surface area contributed by atoms with Crippen molar-refractivity contribution < 1.29 is 4.79 Å². The Morgan fingerprint density at radius 2 is 2.35 bits per heavy atom. The van der Waals surface area contributed by atoms with Crippen LogP contribution < -0.4 is 11.1 Å². The summed E-state index contributed by atoms with van der Waals surface area (Å²) < 4.78 is 2.15. The number of carbonyl (C=O) groups is 1. The summed E-state index contributed by atoms with van der Waals surface area (Å²) >= 11 is 0. The van der Waals surface area contributed by atoms with E-state index >= 15 is 0 Å². The van der Waals surface area contributed by atoms with E-state index in [0.717, 1.165) is 25.9 Å². The molecule has 0 spiro atoms. The lowest BCUT2D eigenvalue weighted by atomic mass is 10.2. The number of nitrogens with zero attached hydrogens (tertiary/aromatic N) is 2. The first-order valence-electron chi connectivity index (χ1n) is 6.26. The molecule has 0 aromatic carbocycles. The second kappa shape index (κ2) is 5.82. The van der Waals surface area contributed by atoms with Crippen LogP contribution in [0.5, 0.6) is 0 Å². The number of nitrogens with two attached hydrogens (primary N) is 1. The molecule has 1 saturated carbocycles. The Labute approximate surface area is 101 Å². The number of unbranched alkanes of at least 4 members (excludes halogenated alkanes) is 1. The van der Waals surface area contributed by atoms with Crippen LogP contribution in [0.25, 0.3) is 0 Å². The zero-order chi connectivity index (χ0) is 12.1. The monoisotopic (exact) mass is 236 g/mol. The standard InChI is InChI=1S/C12H20N4O/c13-12(17)3-1-2-6-16-9-14-7-11(16)8-15-10-4-5-10/h7,9-10,15H,1-6,8H2,(H2,13,17). The average molecular weight is 236 g/mol. The van der Waals surface area contributed by atoms with Gasteiger partial charge in [0, 0.05) is 31.7 Å². The number of imidazole rings is 1. The molecule has 1 amide bonds. The van der Waals surface area contributed by atoms with Crippen molar-refractivity contribution in [3.05, 3.63) is 18.2 Å². The minimum Gasteiger partial charge on any atom is -0.370 e. The number of carbonyl (C=O) groups excluding carboxylic acids is 1. The normalized spacial score (nSPS) is 15.1. The van der Waals surface area contributed by atoms with Gasteiger partial charge in [0.05, 0.1) is 12.0 Å². The molecule has 1 aromatic rings. The molecule has 0 atom stereocenters. The number of primary amides is 1. The van der Waals surface area contributed by atoms with Crippen LogP contribution in [0.2, 0.25) is 0 Å². The van der Waals surface area contributed by atoms with Gasteiger partial charge in [-0.25, -0.2) is 4.98 Å². The molecule has 5 heteroatoms. The van der Waals surface area contributed by atoms with E-state index in [-0.39, 0.29) is 5.91 Å². The Hall–Kier alpha value is -1.36.